The molecule has 0 aliphatic carbocycles. The maximum Gasteiger partial charge on any atom is 0.351 e. The van der Waals surface area contributed by atoms with E-state index in [1.807, 2.05) is 24.3 Å². The number of benzene rings is 1. The molecule has 14 heteroatoms. The van der Waals surface area contributed by atoms with E-state index in [1.165, 1.54) is 17.3 Å². The first kappa shape index (κ1) is 27.7. The molecule has 202 valence electrons. The molecular formula is C23H31FN5O6PS. The molecule has 11 nitrogen and oxygen atoms in total. The summed E-state index contributed by atoms with van der Waals surface area (Å²) in [6.45, 7) is 5.77. The maximum atomic E-state index is 14.3. The zero-order chi connectivity index (χ0) is 26.8. The van der Waals surface area contributed by atoms with Crippen molar-refractivity contribution in [3.05, 3.63) is 57.9 Å². The molecule has 1 saturated heterocycles. The fourth-order valence-electron chi connectivity index (χ4n) is 4.10. The highest BCUT2D eigenvalue weighted by Gasteiger charge is 2.44. The van der Waals surface area contributed by atoms with Crippen LogP contribution in [0.4, 0.5) is 10.2 Å². The molecule has 1 aromatic heterocycles. The number of fused-ring (bicyclic) bond motifs is 1. The van der Waals surface area contributed by atoms with Crippen LogP contribution in [0.1, 0.15) is 38.1 Å². The van der Waals surface area contributed by atoms with Gasteiger partial charge in [-0.3, -0.25) is 13.9 Å². The van der Waals surface area contributed by atoms with E-state index in [9.17, 15) is 18.5 Å². The number of nitrogen functional groups attached to an aromatic ring is 1. The second-order valence-electron chi connectivity index (χ2n) is 9.20. The fraction of sp³-hybridized carbons (Fsp3) is 0.522. The highest BCUT2D eigenvalue weighted by atomic mass is 32.2. The Morgan fingerprint density at radius 3 is 2.84 bits per heavy atom. The number of halogens is 1. The van der Waals surface area contributed by atoms with E-state index in [0.29, 0.717) is 25.3 Å². The van der Waals surface area contributed by atoms with Crippen molar-refractivity contribution in [3.63, 3.8) is 0 Å². The fourth-order valence-corrected chi connectivity index (χ4v) is 7.40. The molecule has 1 unspecified atom stereocenters. The van der Waals surface area contributed by atoms with Gasteiger partial charge in [0.1, 0.15) is 17.2 Å². The number of nitrogens with one attached hydrogen (secondary N) is 1. The predicted molar refractivity (Wildman–Crippen MR) is 137 cm³/mol. The number of aromatic nitrogens is 2. The van der Waals surface area contributed by atoms with Gasteiger partial charge in [-0.25, -0.2) is 18.9 Å². The standard InChI is InChI=1S/C23H31FN5O6PS/c1-4-33-21(30)23(2,3)27-36(32,28-10-9-15-7-5-6-8-16(15)11-28)34-13-19-35-18(14-37-19)29-12-17(24)20(25)26-22(29)31/h5-8,12,18-19H,4,9-11,13-14H2,1-3H3,(H,27,32)(H2,25,26,31)/t18-,19+,36?/m0/s1. The van der Waals surface area contributed by atoms with Gasteiger partial charge in [-0.15, -0.1) is 11.8 Å². The SMILES string of the molecule is CCOC(=O)C(C)(C)NP(=O)(OC[C@@H]1O[C@H](n2cc(F)c(N)nc2=O)CS1)N1CCc2ccccc2C1. The van der Waals surface area contributed by atoms with Crippen LogP contribution in [-0.2, 0) is 36.3 Å². The molecule has 2 aliphatic rings. The molecule has 0 radical (unpaired) electrons. The number of carbonyl (C=O) groups excluding carboxylic acids is 1. The minimum Gasteiger partial charge on any atom is -0.465 e. The lowest BCUT2D eigenvalue weighted by Crippen LogP contribution is -2.49. The number of hydrogen-bond acceptors (Lipinski definition) is 9. The Balaban J connectivity index is 1.50. The monoisotopic (exact) mass is 555 g/mol. The van der Waals surface area contributed by atoms with Gasteiger partial charge in [0.05, 0.1) is 19.4 Å². The largest absolute Gasteiger partial charge is 0.465 e. The topological polar surface area (TPSA) is 138 Å². The molecule has 2 aromatic rings. The second kappa shape index (κ2) is 11.2. The third-order valence-corrected chi connectivity index (χ3v) is 9.58. The summed E-state index contributed by atoms with van der Waals surface area (Å²) in [7, 11) is -3.79. The van der Waals surface area contributed by atoms with E-state index >= 15 is 0 Å². The Labute approximate surface area is 218 Å². The molecule has 3 N–H and O–H groups in total. The summed E-state index contributed by atoms with van der Waals surface area (Å²) < 4.78 is 48.0. The van der Waals surface area contributed by atoms with E-state index in [1.54, 1.807) is 25.4 Å². The summed E-state index contributed by atoms with van der Waals surface area (Å²) in [5, 5.41) is 2.94. The number of carbonyl (C=O) groups is 1. The highest BCUT2D eigenvalue weighted by molar-refractivity contribution is 8.00. The Morgan fingerprint density at radius 2 is 2.11 bits per heavy atom. The number of esters is 1. The van der Waals surface area contributed by atoms with Gasteiger partial charge in [-0.05, 0) is 38.3 Å². The van der Waals surface area contributed by atoms with Gasteiger partial charge in [0.25, 0.3) is 0 Å². The molecule has 0 amide bonds. The quantitative estimate of drug-likeness (QED) is 0.349. The molecule has 0 spiro atoms. The Hall–Kier alpha value is -2.28. The molecule has 3 heterocycles. The van der Waals surface area contributed by atoms with Gasteiger partial charge in [-0.1, -0.05) is 24.3 Å². The minimum absolute atomic E-state index is 0.109. The van der Waals surface area contributed by atoms with Gasteiger partial charge in [0, 0.05) is 18.8 Å². The van der Waals surface area contributed by atoms with Crippen LogP contribution >= 0.6 is 19.4 Å². The van der Waals surface area contributed by atoms with E-state index < -0.39 is 48.2 Å². The van der Waals surface area contributed by atoms with E-state index in [2.05, 4.69) is 10.1 Å². The number of ether oxygens (including phenoxy) is 2. The minimum atomic E-state index is -3.79. The predicted octanol–water partition coefficient (Wildman–Crippen LogP) is 2.67. The van der Waals surface area contributed by atoms with Crippen LogP contribution in [-0.4, -0.2) is 56.7 Å². The summed E-state index contributed by atoms with van der Waals surface area (Å²) in [6, 6.07) is 7.89. The van der Waals surface area contributed by atoms with E-state index in [4.69, 9.17) is 19.7 Å². The summed E-state index contributed by atoms with van der Waals surface area (Å²) in [5.74, 6) is -1.54. The van der Waals surface area contributed by atoms with Gasteiger partial charge in [-0.2, -0.15) is 4.98 Å². The third-order valence-electron chi connectivity index (χ3n) is 6.05. The number of rotatable bonds is 9. The first-order valence-electron chi connectivity index (χ1n) is 11.9. The zero-order valence-electron chi connectivity index (χ0n) is 20.9. The molecule has 4 rings (SSSR count). The van der Waals surface area contributed by atoms with Crippen molar-refractivity contribution in [2.75, 3.05) is 31.2 Å². The van der Waals surface area contributed by atoms with Crippen LogP contribution in [0.2, 0.25) is 0 Å². The molecular weight excluding hydrogens is 524 g/mol. The van der Waals surface area contributed by atoms with Gasteiger partial charge in [0.2, 0.25) is 0 Å². The molecule has 0 bridgehead atoms. The average Bonchev–Trinajstić information content (AvgIpc) is 3.33. The normalized spacial score (nSPS) is 21.8. The smallest absolute Gasteiger partial charge is 0.351 e. The lowest BCUT2D eigenvalue weighted by molar-refractivity contribution is -0.149. The second-order valence-corrected chi connectivity index (χ2v) is 12.5. The van der Waals surface area contributed by atoms with Crippen molar-refractivity contribution in [2.45, 2.75) is 50.9 Å². The first-order chi connectivity index (χ1) is 17.5. The molecule has 3 atom stereocenters. The number of anilines is 1. The molecule has 1 fully saturated rings. The zero-order valence-corrected chi connectivity index (χ0v) is 22.6. The van der Waals surface area contributed by atoms with Crippen LogP contribution in [0.15, 0.2) is 35.3 Å². The van der Waals surface area contributed by atoms with Crippen molar-refractivity contribution < 1.29 is 27.7 Å². The van der Waals surface area contributed by atoms with Crippen LogP contribution < -0.4 is 16.5 Å². The van der Waals surface area contributed by atoms with Gasteiger partial charge < -0.3 is 19.7 Å². The van der Waals surface area contributed by atoms with Crippen molar-refractivity contribution in [1.29, 1.82) is 0 Å². The summed E-state index contributed by atoms with van der Waals surface area (Å²) >= 11 is 1.32. The van der Waals surface area contributed by atoms with E-state index in [-0.39, 0.29) is 13.2 Å². The Kier molecular flexibility index (Phi) is 8.41. The maximum absolute atomic E-state index is 14.3. The number of nitrogens with two attached hydrogens (primary N) is 1. The van der Waals surface area contributed by atoms with Crippen LogP contribution in [0.25, 0.3) is 0 Å². The number of nitrogens with zero attached hydrogens (tertiary/aromatic N) is 3. The molecule has 1 aromatic carbocycles. The van der Waals surface area contributed by atoms with Crippen molar-refractivity contribution in [3.8, 4) is 0 Å². The summed E-state index contributed by atoms with van der Waals surface area (Å²) in [6.07, 6.45) is 0.831. The summed E-state index contributed by atoms with van der Waals surface area (Å²) in [4.78, 5) is 28.2. The molecule has 0 saturated carbocycles. The van der Waals surface area contributed by atoms with Crippen molar-refractivity contribution in [1.82, 2.24) is 19.3 Å². The lowest BCUT2D eigenvalue weighted by atomic mass is 10.0. The van der Waals surface area contributed by atoms with Crippen LogP contribution in [0, 0.1) is 5.82 Å². The number of thioether (sulfide) groups is 1. The molecule has 2 aliphatic heterocycles. The van der Waals surface area contributed by atoms with Crippen molar-refractivity contribution in [2.24, 2.45) is 0 Å². The Bertz CT molecular complexity index is 1260. The van der Waals surface area contributed by atoms with E-state index in [0.717, 1.165) is 16.3 Å². The highest BCUT2D eigenvalue weighted by Crippen LogP contribution is 2.51. The van der Waals surface area contributed by atoms with Gasteiger partial charge >= 0.3 is 19.3 Å². The first-order valence-corrected chi connectivity index (χ1v) is 14.5. The summed E-state index contributed by atoms with van der Waals surface area (Å²) in [5.41, 5.74) is 4.92. The third kappa shape index (κ3) is 6.24. The lowest BCUT2D eigenvalue weighted by Gasteiger charge is -2.38. The number of hydrogen-bond donors (Lipinski definition) is 2. The van der Waals surface area contributed by atoms with Crippen LogP contribution in [0.5, 0.6) is 0 Å². The van der Waals surface area contributed by atoms with Gasteiger partial charge in [0.15, 0.2) is 11.6 Å². The van der Waals surface area contributed by atoms with Crippen LogP contribution in [0.3, 0.4) is 0 Å². The molecule has 37 heavy (non-hydrogen) atoms. The Morgan fingerprint density at radius 1 is 1.38 bits per heavy atom. The average molecular weight is 556 g/mol. The van der Waals surface area contributed by atoms with Crippen molar-refractivity contribution >= 4 is 31.2 Å².